The van der Waals surface area contributed by atoms with E-state index in [4.69, 9.17) is 15.5 Å². The predicted molar refractivity (Wildman–Crippen MR) is 163 cm³/mol. The second-order valence-electron chi connectivity index (χ2n) is 11.6. The summed E-state index contributed by atoms with van der Waals surface area (Å²) in [5.41, 5.74) is 7.40. The summed E-state index contributed by atoms with van der Waals surface area (Å²) in [6.07, 6.45) is 2.96. The fourth-order valence-corrected chi connectivity index (χ4v) is 6.15. The molecular formula is C31H37N4O8P. The molecular weight excluding hydrogens is 587 g/mol. The van der Waals surface area contributed by atoms with Gasteiger partial charge in [0.25, 0.3) is 5.52 Å². The topological polar surface area (TPSA) is 196 Å². The van der Waals surface area contributed by atoms with Gasteiger partial charge in [0.2, 0.25) is 23.6 Å². The van der Waals surface area contributed by atoms with E-state index in [9.17, 15) is 28.5 Å². The number of allylic oxidation sites excluding steroid dienone is 1. The van der Waals surface area contributed by atoms with Crippen LogP contribution >= 0.6 is 7.60 Å². The van der Waals surface area contributed by atoms with Crippen LogP contribution in [0.15, 0.2) is 48.5 Å². The minimum Gasteiger partial charge on any atom is -0.370 e. The first-order chi connectivity index (χ1) is 20.7. The number of benzene rings is 2. The highest BCUT2D eigenvalue weighted by atomic mass is 31.2. The Hall–Kier alpha value is -4.12. The van der Waals surface area contributed by atoms with Crippen molar-refractivity contribution in [2.45, 2.75) is 71.0 Å². The Bertz CT molecular complexity index is 1560. The molecule has 0 fully saturated rings. The highest BCUT2D eigenvalue weighted by molar-refractivity contribution is 7.70. The van der Waals surface area contributed by atoms with Gasteiger partial charge in [-0.2, -0.15) is 0 Å². The minimum atomic E-state index is -4.92. The molecule has 2 aliphatic heterocycles. The van der Waals surface area contributed by atoms with Gasteiger partial charge in [-0.25, -0.2) is 0 Å². The van der Waals surface area contributed by atoms with E-state index >= 15 is 0 Å². The fraction of sp³-hybridized carbons (Fsp3) is 0.387. The summed E-state index contributed by atoms with van der Waals surface area (Å²) in [4.78, 5) is 83.5. The molecule has 44 heavy (non-hydrogen) atoms. The van der Waals surface area contributed by atoms with Crippen molar-refractivity contribution in [2.24, 2.45) is 11.7 Å². The average molecular weight is 625 g/mol. The van der Waals surface area contributed by atoms with E-state index in [1.54, 1.807) is 6.92 Å². The largest absolute Gasteiger partial charge is 0.396 e. The number of nitrogens with two attached hydrogens (primary N) is 1. The molecule has 2 aromatic carbocycles. The molecule has 0 aliphatic carbocycles. The Morgan fingerprint density at radius 1 is 1.07 bits per heavy atom. The summed E-state index contributed by atoms with van der Waals surface area (Å²) in [6.45, 7) is 5.52. The zero-order valence-electron chi connectivity index (χ0n) is 24.8. The number of hydrogen-bond acceptors (Lipinski definition) is 6. The Balaban J connectivity index is 1.52. The number of para-hydroxylation sites is 1. The van der Waals surface area contributed by atoms with Gasteiger partial charge in [-0.05, 0) is 54.4 Å². The molecule has 3 atom stereocenters. The smallest absolute Gasteiger partial charge is 0.370 e. The summed E-state index contributed by atoms with van der Waals surface area (Å²) in [7, 11) is -4.92. The first-order valence-corrected chi connectivity index (χ1v) is 16.0. The lowest BCUT2D eigenvalue weighted by atomic mass is 9.98. The number of hydrogen-bond donors (Lipinski definition) is 5. The Labute approximate surface area is 255 Å². The predicted octanol–water partition coefficient (Wildman–Crippen LogP) is 2.20. The lowest BCUT2D eigenvalue weighted by Crippen LogP contribution is -2.56. The molecule has 6 N–H and O–H groups in total. The molecule has 2 aromatic rings. The van der Waals surface area contributed by atoms with Crippen molar-refractivity contribution in [2.75, 3.05) is 4.90 Å². The van der Waals surface area contributed by atoms with E-state index < -0.39 is 42.9 Å². The Morgan fingerprint density at radius 2 is 1.70 bits per heavy atom. The Kier molecular flexibility index (Phi) is 9.88. The number of nitrogens with one attached hydrogen (secondary N) is 2. The second kappa shape index (κ2) is 13.3. The maximum atomic E-state index is 13.9. The third-order valence-electron chi connectivity index (χ3n) is 8.06. The van der Waals surface area contributed by atoms with E-state index in [1.807, 2.05) is 32.0 Å². The van der Waals surface area contributed by atoms with Gasteiger partial charge in [0, 0.05) is 30.5 Å². The van der Waals surface area contributed by atoms with Crippen LogP contribution in [0.3, 0.4) is 0 Å². The van der Waals surface area contributed by atoms with E-state index in [0.29, 0.717) is 42.5 Å². The van der Waals surface area contributed by atoms with Crippen molar-refractivity contribution in [1.29, 1.82) is 0 Å². The number of rotatable bonds is 11. The van der Waals surface area contributed by atoms with Gasteiger partial charge in [0.15, 0.2) is 0 Å². The van der Waals surface area contributed by atoms with Crippen molar-refractivity contribution in [3.05, 3.63) is 70.8 Å². The van der Waals surface area contributed by atoms with Crippen LogP contribution in [-0.2, 0) is 36.6 Å². The summed E-state index contributed by atoms with van der Waals surface area (Å²) < 4.78 is 11.2. The summed E-state index contributed by atoms with van der Waals surface area (Å²) in [5.74, 6) is -1.70. The number of amides is 4. The molecule has 0 unspecified atom stereocenters. The summed E-state index contributed by atoms with van der Waals surface area (Å²) in [6, 6.07) is 9.14. The number of primary amides is 1. The standard InChI is InChI=1S/C31H37N4O8P/c1-17(2)23(13-14-26(32)36)34-29(38)25-16-22-6-4-5-20-11-12-24(30(39)35(25)28(20)22)33-27(37)15-18(3)19-7-9-21(10-8-19)31(40)44(41,42)43/h4-10,15,17,23-25H,11-14,16H2,1-3H3,(H2,32,36)(H,33,37)(H,34,38)(H2,41,42,43)/b18-15+/t23-,24-,25-/m0/s1. The zero-order valence-corrected chi connectivity index (χ0v) is 25.7. The molecule has 0 spiro atoms. The number of carbonyl (C=O) groups is 5. The van der Waals surface area contributed by atoms with E-state index in [0.717, 1.165) is 11.1 Å². The monoisotopic (exact) mass is 624 g/mol. The lowest BCUT2D eigenvalue weighted by Gasteiger charge is -2.30. The molecule has 4 amide bonds. The molecule has 0 saturated carbocycles. The molecule has 0 bridgehead atoms. The van der Waals surface area contributed by atoms with Crippen LogP contribution in [0, 0.1) is 5.92 Å². The van der Waals surface area contributed by atoms with Crippen molar-refractivity contribution >= 4 is 48.0 Å². The fourth-order valence-electron chi connectivity index (χ4n) is 5.66. The maximum absolute atomic E-state index is 13.9. The highest BCUT2D eigenvalue weighted by Crippen LogP contribution is 2.40. The van der Waals surface area contributed by atoms with Crippen molar-refractivity contribution in [3.8, 4) is 0 Å². The highest BCUT2D eigenvalue weighted by Gasteiger charge is 2.44. The molecule has 2 aliphatic rings. The summed E-state index contributed by atoms with van der Waals surface area (Å²) >= 11 is 0. The van der Waals surface area contributed by atoms with Crippen LogP contribution in [0.2, 0.25) is 0 Å². The molecule has 234 valence electrons. The quantitative estimate of drug-likeness (QED) is 0.185. The van der Waals surface area contributed by atoms with Gasteiger partial charge >= 0.3 is 7.60 Å². The van der Waals surface area contributed by atoms with Crippen molar-refractivity contribution in [1.82, 2.24) is 10.6 Å². The summed E-state index contributed by atoms with van der Waals surface area (Å²) in [5, 5.41) is 5.80. The van der Waals surface area contributed by atoms with E-state index in [2.05, 4.69) is 10.6 Å². The molecule has 0 aromatic heterocycles. The van der Waals surface area contributed by atoms with Crippen LogP contribution < -0.4 is 21.3 Å². The van der Waals surface area contributed by atoms with Gasteiger partial charge in [-0.3, -0.25) is 33.4 Å². The Morgan fingerprint density at radius 3 is 2.32 bits per heavy atom. The molecule has 0 saturated heterocycles. The number of anilines is 1. The third-order valence-corrected chi connectivity index (χ3v) is 8.85. The number of carbonyl (C=O) groups excluding carboxylic acids is 5. The van der Waals surface area contributed by atoms with Crippen LogP contribution in [-0.4, -0.2) is 57.1 Å². The van der Waals surface area contributed by atoms with Crippen LogP contribution in [0.5, 0.6) is 0 Å². The van der Waals surface area contributed by atoms with Crippen molar-refractivity contribution in [3.63, 3.8) is 0 Å². The average Bonchev–Trinajstić information content (AvgIpc) is 3.30. The molecule has 0 radical (unpaired) electrons. The van der Waals surface area contributed by atoms with Gasteiger partial charge < -0.3 is 26.2 Å². The molecule has 4 rings (SSSR count). The van der Waals surface area contributed by atoms with Gasteiger partial charge in [0.05, 0.1) is 5.69 Å². The normalized spacial score (nSPS) is 18.8. The van der Waals surface area contributed by atoms with Crippen LogP contribution in [0.25, 0.3) is 5.57 Å². The van der Waals surface area contributed by atoms with E-state index in [-0.39, 0.29) is 29.9 Å². The first kappa shape index (κ1) is 32.8. The van der Waals surface area contributed by atoms with Crippen LogP contribution in [0.1, 0.15) is 67.1 Å². The molecule has 2 heterocycles. The maximum Gasteiger partial charge on any atom is 0.396 e. The van der Waals surface area contributed by atoms with Gasteiger partial charge in [-0.15, -0.1) is 0 Å². The lowest BCUT2D eigenvalue weighted by molar-refractivity contribution is -0.129. The third kappa shape index (κ3) is 7.32. The SMILES string of the molecule is C/C(=C\C(=O)N[C@H]1CCc2cccc3c2N(C1=O)[C@H](C(=O)N[C@@H](CCC(N)=O)C(C)C)C3)c1ccc(C(=O)P(=O)(O)O)cc1. The number of nitrogens with zero attached hydrogens (tertiary/aromatic N) is 1. The first-order valence-electron chi connectivity index (χ1n) is 14.4. The van der Waals surface area contributed by atoms with E-state index in [1.165, 1.54) is 35.2 Å². The molecule has 12 nitrogen and oxygen atoms in total. The number of aryl methyl sites for hydroxylation is 1. The van der Waals surface area contributed by atoms with Crippen molar-refractivity contribution < 1.29 is 38.3 Å². The molecule has 13 heteroatoms. The van der Waals surface area contributed by atoms with Gasteiger partial charge in [-0.1, -0.05) is 56.3 Å². The second-order valence-corrected chi connectivity index (χ2v) is 13.1. The van der Waals surface area contributed by atoms with Crippen LogP contribution in [0.4, 0.5) is 5.69 Å². The van der Waals surface area contributed by atoms with Gasteiger partial charge in [0.1, 0.15) is 12.1 Å². The zero-order chi connectivity index (χ0) is 32.3. The minimum absolute atomic E-state index is 0.0299.